The molecule has 1 aromatic rings. The highest BCUT2D eigenvalue weighted by Gasteiger charge is 2.16. The molecule has 1 heterocycles. The fourth-order valence-electron chi connectivity index (χ4n) is 2.81. The molecule has 0 radical (unpaired) electrons. The van der Waals surface area contributed by atoms with Crippen LogP contribution in [-0.4, -0.2) is 37.6 Å². The van der Waals surface area contributed by atoms with Gasteiger partial charge in [-0.05, 0) is 49.0 Å². The fourth-order valence-corrected chi connectivity index (χ4v) is 2.81. The van der Waals surface area contributed by atoms with Crippen molar-refractivity contribution in [3.8, 4) is 11.5 Å². The molecule has 4 heteroatoms. The van der Waals surface area contributed by atoms with Crippen molar-refractivity contribution in [2.75, 3.05) is 26.8 Å². The first-order valence-electron chi connectivity index (χ1n) is 8.52. The second-order valence-electron chi connectivity index (χ2n) is 6.20. The number of nitrogens with zero attached hydrogens (tertiary/aromatic N) is 1. The first-order chi connectivity index (χ1) is 11.6. The molecule has 1 saturated heterocycles. The predicted molar refractivity (Wildman–Crippen MR) is 97.3 cm³/mol. The number of benzene rings is 1. The largest absolute Gasteiger partial charge is 0.493 e. The van der Waals surface area contributed by atoms with Gasteiger partial charge in [0.2, 0.25) is 5.91 Å². The molecule has 1 aliphatic heterocycles. The third-order valence-electron chi connectivity index (χ3n) is 4.29. The first kappa shape index (κ1) is 18.1. The Hall–Kier alpha value is -2.23. The van der Waals surface area contributed by atoms with Crippen molar-refractivity contribution in [1.29, 1.82) is 0 Å². The van der Waals surface area contributed by atoms with Gasteiger partial charge in [-0.15, -0.1) is 0 Å². The molecule has 4 nitrogen and oxygen atoms in total. The Morgan fingerprint density at radius 2 is 2.17 bits per heavy atom. The standard InChI is InChI=1S/C20H27NO3/c1-4-14-24-18-9-7-17(15-19(18)23-3)8-10-20(22)21-12-5-6-16(2)11-13-21/h4,7-10,15-16H,1,5-6,11-14H2,2-3H3/b10-8+. The summed E-state index contributed by atoms with van der Waals surface area (Å²) in [5.74, 6) is 2.10. The highest BCUT2D eigenvalue weighted by Crippen LogP contribution is 2.28. The Morgan fingerprint density at radius 1 is 1.33 bits per heavy atom. The minimum atomic E-state index is 0.0788. The van der Waals surface area contributed by atoms with Crippen molar-refractivity contribution in [3.05, 3.63) is 42.5 Å². The second-order valence-corrected chi connectivity index (χ2v) is 6.20. The average molecular weight is 329 g/mol. The van der Waals surface area contributed by atoms with Crippen molar-refractivity contribution in [3.63, 3.8) is 0 Å². The molecule has 0 bridgehead atoms. The van der Waals surface area contributed by atoms with Gasteiger partial charge in [0, 0.05) is 19.2 Å². The summed E-state index contributed by atoms with van der Waals surface area (Å²) in [7, 11) is 1.60. The zero-order valence-electron chi connectivity index (χ0n) is 14.7. The summed E-state index contributed by atoms with van der Waals surface area (Å²) in [6.07, 6.45) is 8.54. The van der Waals surface area contributed by atoms with E-state index in [1.807, 2.05) is 29.2 Å². The smallest absolute Gasteiger partial charge is 0.246 e. The molecule has 130 valence electrons. The van der Waals surface area contributed by atoms with Crippen LogP contribution in [0.25, 0.3) is 6.08 Å². The second kappa shape index (κ2) is 9.16. The Kier molecular flexibility index (Phi) is 6.91. The molecule has 0 aromatic heterocycles. The fraction of sp³-hybridized carbons (Fsp3) is 0.450. The molecule has 0 saturated carbocycles. The number of hydrogen-bond acceptors (Lipinski definition) is 3. The minimum absolute atomic E-state index is 0.0788. The van der Waals surface area contributed by atoms with Crippen molar-refractivity contribution >= 4 is 12.0 Å². The summed E-state index contributed by atoms with van der Waals surface area (Å²) in [5, 5.41) is 0. The molecule has 2 rings (SSSR count). The maximum Gasteiger partial charge on any atom is 0.246 e. The lowest BCUT2D eigenvalue weighted by molar-refractivity contribution is -0.125. The molecule has 1 amide bonds. The van der Waals surface area contributed by atoms with E-state index in [4.69, 9.17) is 9.47 Å². The van der Waals surface area contributed by atoms with Crippen molar-refractivity contribution in [1.82, 2.24) is 4.90 Å². The lowest BCUT2D eigenvalue weighted by Gasteiger charge is -2.18. The summed E-state index contributed by atoms with van der Waals surface area (Å²) in [6.45, 7) is 8.02. The van der Waals surface area contributed by atoms with Gasteiger partial charge in [0.05, 0.1) is 7.11 Å². The van der Waals surface area contributed by atoms with E-state index in [-0.39, 0.29) is 5.91 Å². The Labute approximate surface area is 144 Å². The summed E-state index contributed by atoms with van der Waals surface area (Å²) in [6, 6.07) is 5.63. The van der Waals surface area contributed by atoms with Gasteiger partial charge in [-0.1, -0.05) is 25.6 Å². The maximum atomic E-state index is 12.4. The summed E-state index contributed by atoms with van der Waals surface area (Å²) in [5.41, 5.74) is 0.911. The van der Waals surface area contributed by atoms with E-state index < -0.39 is 0 Å². The summed E-state index contributed by atoms with van der Waals surface area (Å²) in [4.78, 5) is 14.3. The van der Waals surface area contributed by atoms with Crippen LogP contribution in [0.5, 0.6) is 11.5 Å². The quantitative estimate of drug-likeness (QED) is 0.586. The van der Waals surface area contributed by atoms with Crippen LogP contribution < -0.4 is 9.47 Å². The molecule has 1 fully saturated rings. The van der Waals surface area contributed by atoms with E-state index in [9.17, 15) is 4.79 Å². The molecule has 1 atom stereocenters. The number of hydrogen-bond donors (Lipinski definition) is 0. The number of amides is 1. The van der Waals surface area contributed by atoms with Gasteiger partial charge >= 0.3 is 0 Å². The van der Waals surface area contributed by atoms with E-state index in [1.165, 1.54) is 6.42 Å². The zero-order valence-corrected chi connectivity index (χ0v) is 14.7. The van der Waals surface area contributed by atoms with Gasteiger partial charge in [0.25, 0.3) is 0 Å². The van der Waals surface area contributed by atoms with Crippen LogP contribution in [-0.2, 0) is 4.79 Å². The van der Waals surface area contributed by atoms with Crippen LogP contribution in [0.1, 0.15) is 31.7 Å². The number of carbonyl (C=O) groups excluding carboxylic acids is 1. The van der Waals surface area contributed by atoms with Gasteiger partial charge < -0.3 is 14.4 Å². The molecular formula is C20H27NO3. The number of methoxy groups -OCH3 is 1. The average Bonchev–Trinajstić information content (AvgIpc) is 2.82. The van der Waals surface area contributed by atoms with Crippen molar-refractivity contribution < 1.29 is 14.3 Å². The number of rotatable bonds is 6. The van der Waals surface area contributed by atoms with E-state index in [0.29, 0.717) is 24.0 Å². The highest BCUT2D eigenvalue weighted by atomic mass is 16.5. The van der Waals surface area contributed by atoms with E-state index in [2.05, 4.69) is 13.5 Å². The Balaban J connectivity index is 2.02. The van der Waals surface area contributed by atoms with Crippen molar-refractivity contribution in [2.24, 2.45) is 5.92 Å². The Bertz CT molecular complexity index is 595. The third-order valence-corrected chi connectivity index (χ3v) is 4.29. The lowest BCUT2D eigenvalue weighted by atomic mass is 10.0. The molecule has 1 unspecified atom stereocenters. The van der Waals surface area contributed by atoms with Crippen molar-refractivity contribution in [2.45, 2.75) is 26.2 Å². The topological polar surface area (TPSA) is 38.8 Å². The monoisotopic (exact) mass is 329 g/mol. The third kappa shape index (κ3) is 5.15. The SMILES string of the molecule is C=CCOc1ccc(/C=C/C(=O)N2CCCC(C)CC2)cc1OC. The van der Waals surface area contributed by atoms with Gasteiger partial charge in [-0.2, -0.15) is 0 Å². The van der Waals surface area contributed by atoms with Crippen LogP contribution >= 0.6 is 0 Å². The Morgan fingerprint density at radius 3 is 2.92 bits per heavy atom. The van der Waals surface area contributed by atoms with Gasteiger partial charge in [0.15, 0.2) is 11.5 Å². The predicted octanol–water partition coefficient (Wildman–Crippen LogP) is 3.92. The van der Waals surface area contributed by atoms with Crippen LogP contribution in [0.15, 0.2) is 36.9 Å². The van der Waals surface area contributed by atoms with Gasteiger partial charge in [-0.25, -0.2) is 0 Å². The number of ether oxygens (including phenoxy) is 2. The zero-order chi connectivity index (χ0) is 17.4. The first-order valence-corrected chi connectivity index (χ1v) is 8.52. The number of carbonyl (C=O) groups is 1. The number of likely N-dealkylation sites (tertiary alicyclic amines) is 1. The molecular weight excluding hydrogens is 302 g/mol. The van der Waals surface area contributed by atoms with E-state index in [0.717, 1.165) is 31.5 Å². The summed E-state index contributed by atoms with van der Waals surface area (Å²) < 4.78 is 10.9. The van der Waals surface area contributed by atoms with Gasteiger partial charge in [0.1, 0.15) is 6.61 Å². The van der Waals surface area contributed by atoms with Gasteiger partial charge in [-0.3, -0.25) is 4.79 Å². The van der Waals surface area contributed by atoms with Crippen LogP contribution in [0, 0.1) is 5.92 Å². The normalized spacial score (nSPS) is 18.2. The van der Waals surface area contributed by atoms with E-state index in [1.54, 1.807) is 19.3 Å². The maximum absolute atomic E-state index is 12.4. The lowest BCUT2D eigenvalue weighted by Crippen LogP contribution is -2.30. The van der Waals surface area contributed by atoms with E-state index >= 15 is 0 Å². The molecule has 0 spiro atoms. The van der Waals surface area contributed by atoms with Crippen LogP contribution in [0.4, 0.5) is 0 Å². The molecule has 0 N–H and O–H groups in total. The molecule has 0 aliphatic carbocycles. The van der Waals surface area contributed by atoms with Crippen LogP contribution in [0.3, 0.4) is 0 Å². The highest BCUT2D eigenvalue weighted by molar-refractivity contribution is 5.91. The molecule has 1 aromatic carbocycles. The molecule has 24 heavy (non-hydrogen) atoms. The van der Waals surface area contributed by atoms with Crippen LogP contribution in [0.2, 0.25) is 0 Å². The minimum Gasteiger partial charge on any atom is -0.493 e. The summed E-state index contributed by atoms with van der Waals surface area (Å²) >= 11 is 0. The molecule has 1 aliphatic rings.